The van der Waals surface area contributed by atoms with E-state index in [0.29, 0.717) is 17.0 Å². The van der Waals surface area contributed by atoms with E-state index in [-0.39, 0.29) is 0 Å². The van der Waals surface area contributed by atoms with Crippen LogP contribution in [0.2, 0.25) is 0 Å². The minimum atomic E-state index is 0.574. The molecule has 0 aliphatic rings. The number of furan rings is 1. The molecule has 0 aliphatic carbocycles. The zero-order chi connectivity index (χ0) is 30.2. The smallest absolute Gasteiger partial charge is 0.160 e. The van der Waals surface area contributed by atoms with Crippen molar-refractivity contribution in [1.29, 1.82) is 5.26 Å². The minimum Gasteiger partial charge on any atom is -0.456 e. The Bertz CT molecular complexity index is 2320. The van der Waals surface area contributed by atoms with Gasteiger partial charge in [0.25, 0.3) is 0 Å². The third kappa shape index (κ3) is 5.01. The number of nitriles is 1. The number of fused-ring (bicyclic) bond motifs is 3. The van der Waals surface area contributed by atoms with Gasteiger partial charge in [-0.25, -0.2) is 9.97 Å². The van der Waals surface area contributed by atoms with Crippen LogP contribution >= 0.6 is 0 Å². The first-order chi connectivity index (χ1) is 22.2. The van der Waals surface area contributed by atoms with Crippen molar-refractivity contribution in [3.8, 4) is 62.2 Å². The van der Waals surface area contributed by atoms with Gasteiger partial charge in [-0.15, -0.1) is 0 Å². The Morgan fingerprint density at radius 1 is 0.489 bits per heavy atom. The van der Waals surface area contributed by atoms with Crippen LogP contribution in [0, 0.1) is 11.3 Å². The summed E-state index contributed by atoms with van der Waals surface area (Å²) in [4.78, 5) is 14.5. The maximum absolute atomic E-state index is 9.36. The van der Waals surface area contributed by atoms with Gasteiger partial charge >= 0.3 is 0 Å². The van der Waals surface area contributed by atoms with E-state index in [1.165, 1.54) is 0 Å². The maximum atomic E-state index is 9.36. The van der Waals surface area contributed by atoms with Crippen LogP contribution in [0.25, 0.3) is 78.1 Å². The van der Waals surface area contributed by atoms with E-state index in [1.807, 2.05) is 72.9 Å². The van der Waals surface area contributed by atoms with Crippen molar-refractivity contribution in [3.05, 3.63) is 151 Å². The molecule has 0 radical (unpaired) electrons. The highest BCUT2D eigenvalue weighted by Gasteiger charge is 2.15. The monoisotopic (exact) mass is 576 g/mol. The topological polar surface area (TPSA) is 75.6 Å². The van der Waals surface area contributed by atoms with Gasteiger partial charge in [0.15, 0.2) is 5.82 Å². The Morgan fingerprint density at radius 3 is 1.82 bits per heavy atom. The molecule has 0 unspecified atom stereocenters. The van der Waals surface area contributed by atoms with Crippen LogP contribution < -0.4 is 0 Å². The first kappa shape index (κ1) is 26.3. The normalized spacial score (nSPS) is 11.1. The average Bonchev–Trinajstić information content (AvgIpc) is 3.49. The zero-order valence-electron chi connectivity index (χ0n) is 24.1. The van der Waals surface area contributed by atoms with Gasteiger partial charge in [-0.3, -0.25) is 4.98 Å². The summed E-state index contributed by atoms with van der Waals surface area (Å²) >= 11 is 0. The fourth-order valence-electron chi connectivity index (χ4n) is 5.74. The Kier molecular flexibility index (Phi) is 6.44. The van der Waals surface area contributed by atoms with Crippen molar-refractivity contribution in [2.75, 3.05) is 0 Å². The molecule has 5 aromatic carbocycles. The van der Waals surface area contributed by atoms with E-state index < -0.39 is 0 Å². The quantitative estimate of drug-likeness (QED) is 0.204. The van der Waals surface area contributed by atoms with E-state index in [1.54, 1.807) is 12.3 Å². The number of hydrogen-bond donors (Lipinski definition) is 0. The second-order valence-electron chi connectivity index (χ2n) is 10.9. The first-order valence-corrected chi connectivity index (χ1v) is 14.6. The van der Waals surface area contributed by atoms with Crippen LogP contribution in [-0.4, -0.2) is 15.0 Å². The van der Waals surface area contributed by atoms with Gasteiger partial charge in [-0.2, -0.15) is 5.26 Å². The standard InChI is InChI=1S/C40H24N4O/c41-24-26-13-15-34-35-16-14-29(22-39(35)45-38(34)18-26)31-19-32(30-12-7-17-42-25-30)21-33(20-31)37-23-36(27-8-3-1-4-9-27)43-40(44-37)28-10-5-2-6-11-28/h1-23,25H. The molecule has 0 N–H and O–H groups in total. The summed E-state index contributed by atoms with van der Waals surface area (Å²) < 4.78 is 6.23. The Morgan fingerprint density at radius 2 is 1.11 bits per heavy atom. The third-order valence-corrected chi connectivity index (χ3v) is 7.99. The fraction of sp³-hybridized carbons (Fsp3) is 0. The summed E-state index contributed by atoms with van der Waals surface area (Å²) in [5, 5.41) is 11.4. The van der Waals surface area contributed by atoms with Crippen LogP contribution in [0.15, 0.2) is 150 Å². The molecule has 0 amide bonds. The molecular formula is C40H24N4O. The Hall–Kier alpha value is -6.38. The second kappa shape index (κ2) is 11.0. The van der Waals surface area contributed by atoms with E-state index in [9.17, 15) is 5.26 Å². The highest BCUT2D eigenvalue weighted by molar-refractivity contribution is 6.06. The van der Waals surface area contributed by atoms with Crippen molar-refractivity contribution in [3.63, 3.8) is 0 Å². The highest BCUT2D eigenvalue weighted by atomic mass is 16.3. The lowest BCUT2D eigenvalue weighted by atomic mass is 9.94. The molecule has 0 saturated carbocycles. The molecule has 5 heteroatoms. The second-order valence-corrected chi connectivity index (χ2v) is 10.9. The van der Waals surface area contributed by atoms with Gasteiger partial charge in [-0.05, 0) is 77.4 Å². The molecule has 8 rings (SSSR count). The van der Waals surface area contributed by atoms with Crippen molar-refractivity contribution in [2.24, 2.45) is 0 Å². The van der Waals surface area contributed by atoms with Gasteiger partial charge in [0.1, 0.15) is 11.2 Å². The Labute approximate surface area is 259 Å². The van der Waals surface area contributed by atoms with E-state index in [0.717, 1.165) is 66.7 Å². The van der Waals surface area contributed by atoms with Crippen LogP contribution in [0.1, 0.15) is 5.56 Å². The van der Waals surface area contributed by atoms with Gasteiger partial charge in [-0.1, -0.05) is 72.8 Å². The molecule has 0 aliphatic heterocycles. The van der Waals surface area contributed by atoms with Crippen molar-refractivity contribution < 1.29 is 4.42 Å². The predicted molar refractivity (Wildman–Crippen MR) is 179 cm³/mol. The van der Waals surface area contributed by atoms with Crippen LogP contribution in [0.3, 0.4) is 0 Å². The summed E-state index contributed by atoms with van der Waals surface area (Å²) in [6, 6.07) is 46.9. The maximum Gasteiger partial charge on any atom is 0.160 e. The number of aromatic nitrogens is 3. The summed E-state index contributed by atoms with van der Waals surface area (Å²) in [5.41, 5.74) is 10.7. The summed E-state index contributed by atoms with van der Waals surface area (Å²) in [6.07, 6.45) is 3.66. The molecule has 0 atom stereocenters. The van der Waals surface area contributed by atoms with Crippen molar-refractivity contribution in [1.82, 2.24) is 15.0 Å². The lowest BCUT2D eigenvalue weighted by molar-refractivity contribution is 0.669. The third-order valence-electron chi connectivity index (χ3n) is 7.99. The molecule has 3 aromatic heterocycles. The van der Waals surface area contributed by atoms with Crippen molar-refractivity contribution >= 4 is 21.9 Å². The molecule has 0 fully saturated rings. The van der Waals surface area contributed by atoms with Crippen LogP contribution in [0.5, 0.6) is 0 Å². The number of benzene rings is 5. The number of pyridine rings is 1. The van der Waals surface area contributed by atoms with Gasteiger partial charge < -0.3 is 4.42 Å². The lowest BCUT2D eigenvalue weighted by Gasteiger charge is -2.13. The lowest BCUT2D eigenvalue weighted by Crippen LogP contribution is -1.96. The van der Waals surface area contributed by atoms with Crippen LogP contribution in [-0.2, 0) is 0 Å². The Balaban J connectivity index is 1.33. The zero-order valence-corrected chi connectivity index (χ0v) is 24.1. The van der Waals surface area contributed by atoms with Gasteiger partial charge in [0.05, 0.1) is 23.0 Å². The van der Waals surface area contributed by atoms with E-state index in [4.69, 9.17) is 14.4 Å². The summed E-state index contributed by atoms with van der Waals surface area (Å²) in [5.74, 6) is 0.667. The van der Waals surface area contributed by atoms with Gasteiger partial charge in [0, 0.05) is 45.4 Å². The van der Waals surface area contributed by atoms with Crippen molar-refractivity contribution in [2.45, 2.75) is 0 Å². The SMILES string of the molecule is N#Cc1ccc2c(c1)oc1cc(-c3cc(-c4cccnc4)cc(-c4cc(-c5ccccc5)nc(-c5ccccc5)n4)c3)ccc12. The number of hydrogen-bond acceptors (Lipinski definition) is 5. The molecule has 8 aromatic rings. The molecule has 0 saturated heterocycles. The number of nitrogens with zero attached hydrogens (tertiary/aromatic N) is 4. The predicted octanol–water partition coefficient (Wildman–Crippen LogP) is 9.98. The molecule has 3 heterocycles. The summed E-state index contributed by atoms with van der Waals surface area (Å²) in [6.45, 7) is 0. The molecule has 0 bridgehead atoms. The molecule has 210 valence electrons. The fourth-order valence-corrected chi connectivity index (χ4v) is 5.74. The van der Waals surface area contributed by atoms with E-state index in [2.05, 4.69) is 71.7 Å². The first-order valence-electron chi connectivity index (χ1n) is 14.6. The molecule has 45 heavy (non-hydrogen) atoms. The van der Waals surface area contributed by atoms with Crippen LogP contribution in [0.4, 0.5) is 0 Å². The average molecular weight is 577 g/mol. The van der Waals surface area contributed by atoms with E-state index >= 15 is 0 Å². The molecule has 5 nitrogen and oxygen atoms in total. The highest BCUT2D eigenvalue weighted by Crippen LogP contribution is 2.37. The largest absolute Gasteiger partial charge is 0.456 e. The molecular weight excluding hydrogens is 552 g/mol. The van der Waals surface area contributed by atoms with Gasteiger partial charge in [0.2, 0.25) is 0 Å². The number of rotatable bonds is 5. The molecule has 0 spiro atoms. The minimum absolute atomic E-state index is 0.574. The summed E-state index contributed by atoms with van der Waals surface area (Å²) in [7, 11) is 0.